The van der Waals surface area contributed by atoms with E-state index < -0.39 is 12.0 Å². The fraction of sp³-hybridized carbons (Fsp3) is 0.565. The summed E-state index contributed by atoms with van der Waals surface area (Å²) in [6.45, 7) is 6.32. The van der Waals surface area contributed by atoms with Crippen molar-refractivity contribution in [1.29, 1.82) is 0 Å². The Labute approximate surface area is 177 Å². The number of amides is 1. The van der Waals surface area contributed by atoms with Gasteiger partial charge in [-0.15, -0.1) is 0 Å². The van der Waals surface area contributed by atoms with Gasteiger partial charge >= 0.3 is 0 Å². The molecule has 30 heavy (non-hydrogen) atoms. The lowest BCUT2D eigenvalue weighted by Gasteiger charge is -2.38. The summed E-state index contributed by atoms with van der Waals surface area (Å²) in [6.07, 6.45) is 4.30. The normalized spacial score (nSPS) is 27.8. The molecule has 1 heterocycles. The second-order valence-corrected chi connectivity index (χ2v) is 9.55. The zero-order chi connectivity index (χ0) is 21.6. The van der Waals surface area contributed by atoms with Crippen molar-refractivity contribution in [2.75, 3.05) is 10.3 Å². The maximum absolute atomic E-state index is 12.9. The van der Waals surface area contributed by atoms with E-state index in [2.05, 4.69) is 24.6 Å². The zero-order valence-corrected chi connectivity index (χ0v) is 18.0. The smallest absolute Gasteiger partial charge is 0.250 e. The van der Waals surface area contributed by atoms with Crippen LogP contribution in [0.25, 0.3) is 0 Å². The number of carbonyl (C=O) groups excluding carboxylic acids is 2. The lowest BCUT2D eigenvalue weighted by Crippen LogP contribution is -2.45. The highest BCUT2D eigenvalue weighted by Crippen LogP contribution is 2.43. The third kappa shape index (κ3) is 3.67. The Bertz CT molecular complexity index is 908. The molecule has 162 valence electrons. The van der Waals surface area contributed by atoms with E-state index in [9.17, 15) is 14.7 Å². The fourth-order valence-corrected chi connectivity index (χ4v) is 5.13. The number of nitrogens with two attached hydrogens (primary N) is 1. The standard InChI is InChI=1S/C23H32N4O3/c1-4-15-21-18(11-23(2,3)12-20(21)29)27(26-15)13-8-9-14(22(24)30)17(10-13)25-16-6-5-7-19(16)28/h8-10,16,18-19,25-26,28H,4-7,11-12H2,1-3H3,(H2,24,30)/t16-,18?,19-/m0/s1. The van der Waals surface area contributed by atoms with E-state index in [0.717, 1.165) is 49.1 Å². The van der Waals surface area contributed by atoms with Gasteiger partial charge in [0.2, 0.25) is 0 Å². The van der Waals surface area contributed by atoms with E-state index >= 15 is 0 Å². The summed E-state index contributed by atoms with van der Waals surface area (Å²) in [5.74, 6) is -0.294. The molecule has 7 heteroatoms. The van der Waals surface area contributed by atoms with Gasteiger partial charge in [0.05, 0.1) is 29.4 Å². The lowest BCUT2D eigenvalue weighted by molar-refractivity contribution is -0.119. The number of nitrogens with one attached hydrogen (secondary N) is 2. The molecule has 7 nitrogen and oxygen atoms in total. The highest BCUT2D eigenvalue weighted by molar-refractivity contribution is 6.01. The first-order valence-electron chi connectivity index (χ1n) is 10.9. The number of hydrogen-bond acceptors (Lipinski definition) is 6. The quantitative estimate of drug-likeness (QED) is 0.592. The molecule has 2 aliphatic carbocycles. The van der Waals surface area contributed by atoms with Crippen LogP contribution in [-0.2, 0) is 4.79 Å². The Hall–Kier alpha value is -2.54. The topological polar surface area (TPSA) is 108 Å². The minimum absolute atomic E-state index is 0.0412. The van der Waals surface area contributed by atoms with Crippen LogP contribution in [0.15, 0.2) is 29.5 Å². The molecule has 0 spiro atoms. The van der Waals surface area contributed by atoms with Crippen molar-refractivity contribution in [2.24, 2.45) is 11.1 Å². The molecule has 1 unspecified atom stereocenters. The highest BCUT2D eigenvalue weighted by atomic mass is 16.3. The maximum Gasteiger partial charge on any atom is 0.250 e. The Balaban J connectivity index is 1.69. The molecular formula is C23H32N4O3. The van der Waals surface area contributed by atoms with Crippen LogP contribution in [0, 0.1) is 5.41 Å². The first-order chi connectivity index (χ1) is 14.2. The average Bonchev–Trinajstić information content (AvgIpc) is 3.24. The number of aliphatic hydroxyl groups excluding tert-OH is 1. The van der Waals surface area contributed by atoms with Gasteiger partial charge < -0.3 is 21.6 Å². The van der Waals surface area contributed by atoms with Crippen LogP contribution in [0.1, 0.15) is 69.7 Å². The maximum atomic E-state index is 12.9. The SMILES string of the molecule is CCC1=C2C(=O)CC(C)(C)CC2N(c2ccc(C(N)=O)c(N[C@H]3CCC[C@@H]3O)c2)N1. The van der Waals surface area contributed by atoms with Crippen LogP contribution in [0.4, 0.5) is 11.4 Å². The summed E-state index contributed by atoms with van der Waals surface area (Å²) in [5, 5.41) is 15.6. The molecule has 4 rings (SSSR count). The first-order valence-corrected chi connectivity index (χ1v) is 10.9. The first kappa shape index (κ1) is 20.7. The van der Waals surface area contributed by atoms with Crippen molar-refractivity contribution in [3.63, 3.8) is 0 Å². The third-order valence-corrected chi connectivity index (χ3v) is 6.63. The van der Waals surface area contributed by atoms with E-state index in [0.29, 0.717) is 17.7 Å². The molecule has 1 amide bonds. The van der Waals surface area contributed by atoms with Gasteiger partial charge in [0, 0.05) is 23.4 Å². The van der Waals surface area contributed by atoms with E-state index in [1.165, 1.54) is 0 Å². The number of primary amides is 1. The molecule has 2 saturated carbocycles. The number of hydrazine groups is 1. The molecular weight excluding hydrogens is 380 g/mol. The zero-order valence-electron chi connectivity index (χ0n) is 18.0. The monoisotopic (exact) mass is 412 g/mol. The summed E-state index contributed by atoms with van der Waals surface area (Å²) >= 11 is 0. The Kier molecular flexibility index (Phi) is 5.26. The van der Waals surface area contributed by atoms with Crippen LogP contribution < -0.4 is 21.5 Å². The van der Waals surface area contributed by atoms with E-state index in [4.69, 9.17) is 5.73 Å². The number of carbonyl (C=O) groups is 2. The lowest BCUT2D eigenvalue weighted by atomic mass is 9.72. The van der Waals surface area contributed by atoms with Gasteiger partial charge in [0.15, 0.2) is 5.78 Å². The van der Waals surface area contributed by atoms with Crippen molar-refractivity contribution in [1.82, 2.24) is 5.43 Å². The van der Waals surface area contributed by atoms with Crippen LogP contribution in [0.2, 0.25) is 0 Å². The second-order valence-electron chi connectivity index (χ2n) is 9.55. The summed E-state index contributed by atoms with van der Waals surface area (Å²) in [6, 6.07) is 5.36. The second kappa shape index (κ2) is 7.61. The van der Waals surface area contributed by atoms with Crippen molar-refractivity contribution >= 4 is 23.1 Å². The van der Waals surface area contributed by atoms with Crippen LogP contribution in [0.3, 0.4) is 0 Å². The molecule has 3 aliphatic rings. The third-order valence-electron chi connectivity index (χ3n) is 6.63. The summed E-state index contributed by atoms with van der Waals surface area (Å²) < 4.78 is 0. The molecule has 0 aromatic heterocycles. The molecule has 1 aliphatic heterocycles. The van der Waals surface area contributed by atoms with Gasteiger partial charge in [-0.1, -0.05) is 20.8 Å². The fourth-order valence-electron chi connectivity index (χ4n) is 5.13. The average molecular weight is 413 g/mol. The summed E-state index contributed by atoms with van der Waals surface area (Å²) in [5.41, 5.74) is 12.7. The van der Waals surface area contributed by atoms with Gasteiger partial charge in [-0.3, -0.25) is 14.6 Å². The predicted octanol–water partition coefficient (Wildman–Crippen LogP) is 2.86. The minimum atomic E-state index is -0.507. The number of Topliss-reactive ketones (excluding diaryl/α,β-unsaturated/α-hetero) is 1. The number of ketones is 1. The van der Waals surface area contributed by atoms with E-state index in [1.807, 2.05) is 24.1 Å². The molecule has 5 N–H and O–H groups in total. The van der Waals surface area contributed by atoms with Gasteiger partial charge in [0.1, 0.15) is 0 Å². The van der Waals surface area contributed by atoms with Gasteiger partial charge in [-0.25, -0.2) is 0 Å². The van der Waals surface area contributed by atoms with Crippen LogP contribution in [-0.4, -0.2) is 35.0 Å². The summed E-state index contributed by atoms with van der Waals surface area (Å²) in [4.78, 5) is 24.9. The number of rotatable bonds is 5. The summed E-state index contributed by atoms with van der Waals surface area (Å²) in [7, 11) is 0. The molecule has 0 bridgehead atoms. The molecule has 0 radical (unpaired) electrons. The van der Waals surface area contributed by atoms with Gasteiger partial charge in [-0.05, 0) is 55.7 Å². The Morgan fingerprint density at radius 3 is 2.77 bits per heavy atom. The van der Waals surface area contributed by atoms with Crippen LogP contribution >= 0.6 is 0 Å². The molecule has 1 aromatic rings. The number of nitrogens with zero attached hydrogens (tertiary/aromatic N) is 1. The molecule has 3 atom stereocenters. The van der Waals surface area contributed by atoms with Crippen molar-refractivity contribution in [3.8, 4) is 0 Å². The van der Waals surface area contributed by atoms with Crippen molar-refractivity contribution < 1.29 is 14.7 Å². The van der Waals surface area contributed by atoms with E-state index in [-0.39, 0.29) is 23.3 Å². The minimum Gasteiger partial charge on any atom is -0.391 e. The van der Waals surface area contributed by atoms with E-state index in [1.54, 1.807) is 6.07 Å². The number of aliphatic hydroxyl groups is 1. The van der Waals surface area contributed by atoms with Crippen LogP contribution in [0.5, 0.6) is 0 Å². The molecule has 0 saturated heterocycles. The number of hydrogen-bond donors (Lipinski definition) is 4. The van der Waals surface area contributed by atoms with Crippen molar-refractivity contribution in [3.05, 3.63) is 35.0 Å². The molecule has 2 fully saturated rings. The van der Waals surface area contributed by atoms with Gasteiger partial charge in [0.25, 0.3) is 5.91 Å². The Morgan fingerprint density at radius 2 is 2.13 bits per heavy atom. The van der Waals surface area contributed by atoms with Gasteiger partial charge in [-0.2, -0.15) is 0 Å². The van der Waals surface area contributed by atoms with Crippen molar-refractivity contribution in [2.45, 2.75) is 77.5 Å². The number of benzene rings is 1. The number of anilines is 2. The largest absolute Gasteiger partial charge is 0.391 e. The number of fused-ring (bicyclic) bond motifs is 1. The predicted molar refractivity (Wildman–Crippen MR) is 117 cm³/mol. The highest BCUT2D eigenvalue weighted by Gasteiger charge is 2.45. The number of allylic oxidation sites excluding steroid dienone is 1. The molecule has 1 aromatic carbocycles. The Morgan fingerprint density at radius 1 is 1.37 bits per heavy atom.